The summed E-state index contributed by atoms with van der Waals surface area (Å²) in [5, 5.41) is 0. The van der Waals surface area contributed by atoms with Crippen LogP contribution in [0.25, 0.3) is 0 Å². The van der Waals surface area contributed by atoms with Gasteiger partial charge in [-0.25, -0.2) is 8.42 Å². The van der Waals surface area contributed by atoms with E-state index < -0.39 is 14.6 Å². The van der Waals surface area contributed by atoms with E-state index >= 15 is 0 Å². The van der Waals surface area contributed by atoms with Crippen molar-refractivity contribution < 1.29 is 17.9 Å². The van der Waals surface area contributed by atoms with Gasteiger partial charge in [0.25, 0.3) is 0 Å². The van der Waals surface area contributed by atoms with E-state index in [4.69, 9.17) is 4.74 Å². The average Bonchev–Trinajstić information content (AvgIpc) is 2.41. The van der Waals surface area contributed by atoms with Gasteiger partial charge in [-0.05, 0) is 32.6 Å². The van der Waals surface area contributed by atoms with Crippen molar-refractivity contribution in [2.75, 3.05) is 25.4 Å². The highest BCUT2D eigenvalue weighted by Crippen LogP contribution is 2.31. The van der Waals surface area contributed by atoms with Gasteiger partial charge in [-0.3, -0.25) is 4.79 Å². The van der Waals surface area contributed by atoms with Crippen molar-refractivity contribution in [3.8, 4) is 0 Å². The molecule has 1 amide bonds. The SMILES string of the molecule is CC(C)[C@H]1OCCC[C@H]1C(=O)N1CCS(=O)(=O)C(C)(C)C1. The molecular formula is C15H27NO4S. The number of amides is 1. The van der Waals surface area contributed by atoms with Crippen molar-refractivity contribution >= 4 is 15.7 Å². The van der Waals surface area contributed by atoms with E-state index in [2.05, 4.69) is 13.8 Å². The first-order chi connectivity index (χ1) is 9.66. The molecule has 6 heteroatoms. The Labute approximate surface area is 127 Å². The summed E-state index contributed by atoms with van der Waals surface area (Å²) in [5.74, 6) is 0.290. The molecule has 122 valence electrons. The van der Waals surface area contributed by atoms with E-state index in [9.17, 15) is 13.2 Å². The summed E-state index contributed by atoms with van der Waals surface area (Å²) in [6, 6.07) is 0. The minimum atomic E-state index is -3.11. The van der Waals surface area contributed by atoms with Crippen molar-refractivity contribution in [3.05, 3.63) is 0 Å². The highest BCUT2D eigenvalue weighted by Gasteiger charge is 2.44. The fraction of sp³-hybridized carbons (Fsp3) is 0.933. The van der Waals surface area contributed by atoms with Crippen molar-refractivity contribution in [2.45, 2.75) is 51.4 Å². The minimum absolute atomic E-state index is 0.0482. The van der Waals surface area contributed by atoms with Crippen LogP contribution in [0, 0.1) is 11.8 Å². The number of sulfone groups is 1. The smallest absolute Gasteiger partial charge is 0.228 e. The monoisotopic (exact) mass is 317 g/mol. The first-order valence-electron chi connectivity index (χ1n) is 7.78. The van der Waals surface area contributed by atoms with Crippen molar-refractivity contribution in [2.24, 2.45) is 11.8 Å². The van der Waals surface area contributed by atoms with Gasteiger partial charge in [0, 0.05) is 19.7 Å². The van der Waals surface area contributed by atoms with Crippen LogP contribution in [-0.2, 0) is 19.4 Å². The van der Waals surface area contributed by atoms with Crippen LogP contribution in [-0.4, -0.2) is 55.5 Å². The van der Waals surface area contributed by atoms with Crippen LogP contribution < -0.4 is 0 Å². The van der Waals surface area contributed by atoms with Gasteiger partial charge >= 0.3 is 0 Å². The maximum absolute atomic E-state index is 12.8. The molecule has 0 aromatic carbocycles. The van der Waals surface area contributed by atoms with Crippen LogP contribution in [0.4, 0.5) is 0 Å². The molecule has 0 N–H and O–H groups in total. The van der Waals surface area contributed by atoms with E-state index in [1.54, 1.807) is 18.7 Å². The van der Waals surface area contributed by atoms with Gasteiger partial charge in [-0.2, -0.15) is 0 Å². The fourth-order valence-electron chi connectivity index (χ4n) is 3.29. The third kappa shape index (κ3) is 3.26. The number of carbonyl (C=O) groups is 1. The predicted molar refractivity (Wildman–Crippen MR) is 81.7 cm³/mol. The second-order valence-corrected chi connectivity index (χ2v) is 9.91. The fourth-order valence-corrected chi connectivity index (χ4v) is 4.66. The van der Waals surface area contributed by atoms with Gasteiger partial charge in [0.15, 0.2) is 9.84 Å². The number of carbonyl (C=O) groups excluding carboxylic acids is 1. The van der Waals surface area contributed by atoms with Gasteiger partial charge < -0.3 is 9.64 Å². The van der Waals surface area contributed by atoms with Crippen molar-refractivity contribution in [1.82, 2.24) is 4.90 Å². The molecule has 0 radical (unpaired) electrons. The lowest BCUT2D eigenvalue weighted by Crippen LogP contribution is -2.57. The van der Waals surface area contributed by atoms with Crippen LogP contribution in [0.3, 0.4) is 0 Å². The summed E-state index contributed by atoms with van der Waals surface area (Å²) in [4.78, 5) is 14.5. The zero-order chi connectivity index (χ0) is 15.8. The highest BCUT2D eigenvalue weighted by atomic mass is 32.2. The quantitative estimate of drug-likeness (QED) is 0.774. The Morgan fingerprint density at radius 3 is 2.57 bits per heavy atom. The second-order valence-electron chi connectivity index (χ2n) is 7.17. The molecule has 0 saturated carbocycles. The van der Waals surface area contributed by atoms with Gasteiger partial charge in [0.1, 0.15) is 0 Å². The summed E-state index contributed by atoms with van der Waals surface area (Å²) in [6.07, 6.45) is 1.69. The van der Waals surface area contributed by atoms with E-state index in [0.717, 1.165) is 12.8 Å². The summed E-state index contributed by atoms with van der Waals surface area (Å²) in [5.41, 5.74) is 0. The molecule has 2 aliphatic heterocycles. The molecule has 0 aromatic rings. The molecular weight excluding hydrogens is 290 g/mol. The largest absolute Gasteiger partial charge is 0.377 e. The standard InChI is InChI=1S/C15H27NO4S/c1-11(2)13-12(6-5-8-20-13)14(17)16-7-9-21(18,19)15(3,4)10-16/h11-13H,5-10H2,1-4H3/t12-,13-/m1/s1. The lowest BCUT2D eigenvalue weighted by molar-refractivity contribution is -0.148. The zero-order valence-corrected chi connectivity index (χ0v) is 14.3. The Morgan fingerprint density at radius 2 is 2.00 bits per heavy atom. The molecule has 2 fully saturated rings. The second kappa shape index (κ2) is 5.88. The third-order valence-corrected chi connectivity index (χ3v) is 7.23. The average molecular weight is 317 g/mol. The number of ether oxygens (including phenoxy) is 1. The number of nitrogens with zero attached hydrogens (tertiary/aromatic N) is 1. The Bertz CT molecular complexity index is 498. The number of rotatable bonds is 2. The van der Waals surface area contributed by atoms with Gasteiger partial charge in [-0.15, -0.1) is 0 Å². The zero-order valence-electron chi connectivity index (χ0n) is 13.5. The van der Waals surface area contributed by atoms with Crippen LogP contribution in [0.2, 0.25) is 0 Å². The molecule has 2 aliphatic rings. The molecule has 0 spiro atoms. The Kier molecular flexibility index (Phi) is 4.69. The summed E-state index contributed by atoms with van der Waals surface area (Å²) in [7, 11) is -3.11. The molecule has 0 unspecified atom stereocenters. The van der Waals surface area contributed by atoms with E-state index in [0.29, 0.717) is 19.1 Å². The van der Waals surface area contributed by atoms with Crippen LogP contribution in [0.1, 0.15) is 40.5 Å². The van der Waals surface area contributed by atoms with E-state index in [1.165, 1.54) is 0 Å². The summed E-state index contributed by atoms with van der Waals surface area (Å²) in [6.45, 7) is 8.87. The normalized spacial score (nSPS) is 32.1. The van der Waals surface area contributed by atoms with E-state index in [-0.39, 0.29) is 30.2 Å². The molecule has 0 aromatic heterocycles. The van der Waals surface area contributed by atoms with Crippen molar-refractivity contribution in [1.29, 1.82) is 0 Å². The Morgan fingerprint density at radius 1 is 1.33 bits per heavy atom. The summed E-state index contributed by atoms with van der Waals surface area (Å²) >= 11 is 0. The number of hydrogen-bond acceptors (Lipinski definition) is 4. The molecule has 5 nitrogen and oxygen atoms in total. The third-order valence-electron chi connectivity index (χ3n) is 4.70. The summed E-state index contributed by atoms with van der Waals surface area (Å²) < 4.78 is 29.0. The maximum Gasteiger partial charge on any atom is 0.228 e. The lowest BCUT2D eigenvalue weighted by atomic mass is 9.86. The highest BCUT2D eigenvalue weighted by molar-refractivity contribution is 7.92. The molecule has 0 aliphatic carbocycles. The topological polar surface area (TPSA) is 63.7 Å². The minimum Gasteiger partial charge on any atom is -0.377 e. The molecule has 2 saturated heterocycles. The molecule has 2 atom stereocenters. The maximum atomic E-state index is 12.8. The van der Waals surface area contributed by atoms with Gasteiger partial charge in [0.05, 0.1) is 22.5 Å². The van der Waals surface area contributed by atoms with Crippen LogP contribution >= 0.6 is 0 Å². The first kappa shape index (κ1) is 16.7. The van der Waals surface area contributed by atoms with Gasteiger partial charge in [-0.1, -0.05) is 13.8 Å². The number of hydrogen-bond donors (Lipinski definition) is 0. The van der Waals surface area contributed by atoms with E-state index in [1.807, 2.05) is 0 Å². The predicted octanol–water partition coefficient (Wildman–Crippen LogP) is 1.47. The Balaban J connectivity index is 2.13. The van der Waals surface area contributed by atoms with Crippen LogP contribution in [0.5, 0.6) is 0 Å². The van der Waals surface area contributed by atoms with Crippen molar-refractivity contribution in [3.63, 3.8) is 0 Å². The van der Waals surface area contributed by atoms with Crippen LogP contribution in [0.15, 0.2) is 0 Å². The Hall–Kier alpha value is -0.620. The molecule has 0 bridgehead atoms. The first-order valence-corrected chi connectivity index (χ1v) is 9.43. The van der Waals surface area contributed by atoms with Gasteiger partial charge in [0.2, 0.25) is 5.91 Å². The molecule has 2 heterocycles. The molecule has 2 rings (SSSR count). The lowest BCUT2D eigenvalue weighted by Gasteiger charge is -2.41. The molecule has 21 heavy (non-hydrogen) atoms.